The summed E-state index contributed by atoms with van der Waals surface area (Å²) < 4.78 is 3.45. The van der Waals surface area contributed by atoms with Crippen molar-refractivity contribution in [1.82, 2.24) is 14.9 Å². The minimum atomic E-state index is 0.408. The van der Waals surface area contributed by atoms with Crippen LogP contribution in [0.5, 0.6) is 0 Å². The molecule has 0 radical (unpaired) electrons. The van der Waals surface area contributed by atoms with Crippen LogP contribution in [0.3, 0.4) is 0 Å². The average molecular weight is 340 g/mol. The molecule has 2 aromatic rings. The van der Waals surface area contributed by atoms with Crippen molar-refractivity contribution in [1.29, 1.82) is 0 Å². The summed E-state index contributed by atoms with van der Waals surface area (Å²) in [5.74, 6) is 0. The highest BCUT2D eigenvalue weighted by Crippen LogP contribution is 2.33. The maximum Gasteiger partial charge on any atom is 0.0949 e. The largest absolute Gasteiger partial charge is 0.333 e. The molecule has 19 heavy (non-hydrogen) atoms. The van der Waals surface area contributed by atoms with E-state index in [0.717, 1.165) is 0 Å². The van der Waals surface area contributed by atoms with E-state index < -0.39 is 0 Å². The van der Waals surface area contributed by atoms with Gasteiger partial charge in [-0.15, -0.1) is 11.3 Å². The van der Waals surface area contributed by atoms with Gasteiger partial charge in [0.05, 0.1) is 10.1 Å². The molecular formula is C14H18BrN3S. The summed E-state index contributed by atoms with van der Waals surface area (Å²) in [7, 11) is 0. The summed E-state index contributed by atoms with van der Waals surface area (Å²) in [4.78, 5) is 5.56. The predicted molar refractivity (Wildman–Crippen MR) is 82.5 cm³/mol. The summed E-state index contributed by atoms with van der Waals surface area (Å²) in [5.41, 5.74) is 0. The van der Waals surface area contributed by atoms with Crippen LogP contribution >= 0.6 is 27.3 Å². The molecule has 1 aliphatic rings. The number of hydrogen-bond acceptors (Lipinski definition) is 3. The Morgan fingerprint density at radius 1 is 1.47 bits per heavy atom. The van der Waals surface area contributed by atoms with Crippen molar-refractivity contribution in [2.45, 2.75) is 44.3 Å². The second-order valence-electron chi connectivity index (χ2n) is 5.14. The molecule has 5 heteroatoms. The molecule has 3 rings (SSSR count). The van der Waals surface area contributed by atoms with Gasteiger partial charge in [-0.3, -0.25) is 0 Å². The molecule has 1 saturated carbocycles. The lowest BCUT2D eigenvalue weighted by Crippen LogP contribution is -2.35. The van der Waals surface area contributed by atoms with Gasteiger partial charge in [0.25, 0.3) is 0 Å². The zero-order chi connectivity index (χ0) is 13.2. The van der Waals surface area contributed by atoms with Crippen LogP contribution in [-0.2, 0) is 0 Å². The summed E-state index contributed by atoms with van der Waals surface area (Å²) in [6, 6.07) is 5.83. The highest BCUT2D eigenvalue weighted by atomic mass is 79.9. The first-order valence-corrected chi connectivity index (χ1v) is 8.33. The molecule has 1 fully saturated rings. The van der Waals surface area contributed by atoms with E-state index in [-0.39, 0.29) is 0 Å². The van der Waals surface area contributed by atoms with Gasteiger partial charge in [0.15, 0.2) is 0 Å². The van der Waals surface area contributed by atoms with Gasteiger partial charge in [0, 0.05) is 35.4 Å². The fourth-order valence-electron chi connectivity index (χ4n) is 2.92. The van der Waals surface area contributed by atoms with E-state index >= 15 is 0 Å². The summed E-state index contributed by atoms with van der Waals surface area (Å²) >= 11 is 5.35. The van der Waals surface area contributed by atoms with Crippen LogP contribution in [-0.4, -0.2) is 15.6 Å². The number of hydrogen-bond donors (Lipinski definition) is 1. The number of aromatic nitrogens is 2. The maximum atomic E-state index is 4.17. The quantitative estimate of drug-likeness (QED) is 0.906. The first kappa shape index (κ1) is 13.3. The second kappa shape index (κ2) is 5.77. The molecule has 102 valence electrons. The molecule has 0 bridgehead atoms. The van der Waals surface area contributed by atoms with Crippen molar-refractivity contribution in [2.75, 3.05) is 0 Å². The van der Waals surface area contributed by atoms with Crippen LogP contribution in [0.2, 0.25) is 0 Å². The predicted octanol–water partition coefficient (Wildman–Crippen LogP) is 4.15. The fraction of sp³-hybridized carbons (Fsp3) is 0.500. The van der Waals surface area contributed by atoms with Gasteiger partial charge in [-0.05, 0) is 54.2 Å². The Balaban J connectivity index is 1.68. The molecule has 0 amide bonds. The molecule has 0 aromatic carbocycles. The normalized spacial score (nSPS) is 24.7. The third kappa shape index (κ3) is 2.93. The van der Waals surface area contributed by atoms with E-state index in [1.54, 1.807) is 0 Å². The first-order valence-electron chi connectivity index (χ1n) is 6.73. The van der Waals surface area contributed by atoms with E-state index in [2.05, 4.69) is 56.1 Å². The maximum absolute atomic E-state index is 4.17. The van der Waals surface area contributed by atoms with Gasteiger partial charge < -0.3 is 9.88 Å². The van der Waals surface area contributed by atoms with E-state index in [1.807, 2.05) is 23.9 Å². The molecule has 0 aliphatic heterocycles. The standard InChI is InChI=1S/C14H18BrN3S/c1-10(13-5-6-14(15)19-13)17-11-3-2-4-12(11)18-8-7-16-9-18/h5-12,17H,2-4H2,1H3. The Kier molecular flexibility index (Phi) is 4.05. The number of halogens is 1. The van der Waals surface area contributed by atoms with E-state index in [4.69, 9.17) is 0 Å². The molecule has 3 unspecified atom stereocenters. The van der Waals surface area contributed by atoms with Crippen LogP contribution in [0.15, 0.2) is 34.6 Å². The van der Waals surface area contributed by atoms with E-state index in [1.165, 1.54) is 27.9 Å². The number of nitrogens with one attached hydrogen (secondary N) is 1. The van der Waals surface area contributed by atoms with E-state index in [9.17, 15) is 0 Å². The first-order chi connectivity index (χ1) is 9.24. The van der Waals surface area contributed by atoms with Crippen LogP contribution in [0, 0.1) is 0 Å². The number of imidazole rings is 1. The van der Waals surface area contributed by atoms with Crippen molar-refractivity contribution in [2.24, 2.45) is 0 Å². The number of nitrogens with zero attached hydrogens (tertiary/aromatic N) is 2. The van der Waals surface area contributed by atoms with Crippen LogP contribution in [0.1, 0.15) is 43.1 Å². The SMILES string of the molecule is CC(NC1CCCC1n1ccnc1)c1ccc(Br)s1. The Bertz CT molecular complexity index is 523. The third-order valence-corrected chi connectivity index (χ3v) is 5.68. The molecule has 3 nitrogen and oxygen atoms in total. The highest BCUT2D eigenvalue weighted by molar-refractivity contribution is 9.11. The van der Waals surface area contributed by atoms with Gasteiger partial charge in [0.1, 0.15) is 0 Å². The topological polar surface area (TPSA) is 29.9 Å². The minimum Gasteiger partial charge on any atom is -0.333 e. The lowest BCUT2D eigenvalue weighted by atomic mass is 10.1. The zero-order valence-electron chi connectivity index (χ0n) is 10.9. The third-order valence-electron chi connectivity index (χ3n) is 3.87. The molecule has 2 aromatic heterocycles. The Morgan fingerprint density at radius 3 is 3.05 bits per heavy atom. The summed E-state index contributed by atoms with van der Waals surface area (Å²) in [6.45, 7) is 2.25. The monoisotopic (exact) mass is 339 g/mol. The van der Waals surface area contributed by atoms with Crippen molar-refractivity contribution in [3.63, 3.8) is 0 Å². The van der Waals surface area contributed by atoms with Gasteiger partial charge in [0.2, 0.25) is 0 Å². The van der Waals surface area contributed by atoms with Gasteiger partial charge in [-0.1, -0.05) is 0 Å². The number of thiophene rings is 1. The molecule has 2 heterocycles. The van der Waals surface area contributed by atoms with Crippen LogP contribution in [0.4, 0.5) is 0 Å². The summed E-state index contributed by atoms with van der Waals surface area (Å²) in [5, 5.41) is 3.79. The second-order valence-corrected chi connectivity index (χ2v) is 7.64. The average Bonchev–Trinajstić information content (AvgIpc) is 3.07. The molecule has 0 spiro atoms. The lowest BCUT2D eigenvalue weighted by molar-refractivity contribution is 0.364. The molecule has 1 N–H and O–H groups in total. The van der Waals surface area contributed by atoms with Crippen molar-refractivity contribution in [3.8, 4) is 0 Å². The number of rotatable bonds is 4. The smallest absolute Gasteiger partial charge is 0.0949 e. The fourth-order valence-corrected chi connectivity index (χ4v) is 4.36. The molecule has 1 aliphatic carbocycles. The zero-order valence-corrected chi connectivity index (χ0v) is 13.3. The highest BCUT2D eigenvalue weighted by Gasteiger charge is 2.29. The van der Waals surface area contributed by atoms with Crippen molar-refractivity contribution >= 4 is 27.3 Å². The van der Waals surface area contributed by atoms with E-state index in [0.29, 0.717) is 18.1 Å². The lowest BCUT2D eigenvalue weighted by Gasteiger charge is -2.25. The minimum absolute atomic E-state index is 0.408. The van der Waals surface area contributed by atoms with Crippen LogP contribution in [0.25, 0.3) is 0 Å². The summed E-state index contributed by atoms with van der Waals surface area (Å²) in [6.07, 6.45) is 9.68. The Hall–Kier alpha value is -0.650. The van der Waals surface area contributed by atoms with Crippen molar-refractivity contribution < 1.29 is 0 Å². The van der Waals surface area contributed by atoms with Gasteiger partial charge >= 0.3 is 0 Å². The Labute approximate surface area is 126 Å². The molecule has 0 saturated heterocycles. The molecular weight excluding hydrogens is 322 g/mol. The van der Waals surface area contributed by atoms with Gasteiger partial charge in [-0.2, -0.15) is 0 Å². The van der Waals surface area contributed by atoms with Gasteiger partial charge in [-0.25, -0.2) is 4.98 Å². The van der Waals surface area contributed by atoms with Crippen molar-refractivity contribution in [3.05, 3.63) is 39.5 Å². The van der Waals surface area contributed by atoms with Crippen LogP contribution < -0.4 is 5.32 Å². The Morgan fingerprint density at radius 2 is 2.37 bits per heavy atom. The molecule has 3 atom stereocenters.